The summed E-state index contributed by atoms with van der Waals surface area (Å²) < 4.78 is 11.1. The lowest BCUT2D eigenvalue weighted by atomic mass is 9.83. The highest BCUT2D eigenvalue weighted by molar-refractivity contribution is 5.13. The molecule has 0 aromatic carbocycles. The molecule has 2 heterocycles. The summed E-state index contributed by atoms with van der Waals surface area (Å²) in [4.78, 5) is 4.01. The maximum atomic E-state index is 6.32. The molecule has 2 rings (SSSR count). The van der Waals surface area contributed by atoms with Crippen LogP contribution in [0, 0.1) is 0 Å². The molecule has 1 saturated heterocycles. The Hall–Kier alpha value is -0.970. The zero-order valence-corrected chi connectivity index (χ0v) is 10.3. The monoisotopic (exact) mass is 236 g/mol. The van der Waals surface area contributed by atoms with Crippen LogP contribution in [0.5, 0.6) is 0 Å². The predicted molar refractivity (Wildman–Crippen MR) is 65.7 cm³/mol. The van der Waals surface area contributed by atoms with Gasteiger partial charge in [-0.15, -0.1) is 0 Å². The molecule has 1 aliphatic rings. The molecule has 2 N–H and O–H groups in total. The first-order valence-electron chi connectivity index (χ1n) is 6.04. The molecule has 0 radical (unpaired) electrons. The van der Waals surface area contributed by atoms with Gasteiger partial charge in [-0.2, -0.15) is 0 Å². The summed E-state index contributed by atoms with van der Waals surface area (Å²) >= 11 is 0. The Labute approximate surface area is 102 Å². The standard InChI is InChI=1S/C13H20N2O2/c1-16-13(4-8-17-9-5-13)12(14)10-11-2-6-15-7-3-11/h2-3,6-7,12H,4-5,8-10,14H2,1H3. The highest BCUT2D eigenvalue weighted by Gasteiger charge is 2.38. The van der Waals surface area contributed by atoms with Crippen LogP contribution >= 0.6 is 0 Å². The van der Waals surface area contributed by atoms with Gasteiger partial charge in [0.15, 0.2) is 0 Å². The molecule has 1 aliphatic heterocycles. The number of nitrogens with zero attached hydrogens (tertiary/aromatic N) is 1. The van der Waals surface area contributed by atoms with Gasteiger partial charge in [0.05, 0.1) is 5.60 Å². The van der Waals surface area contributed by atoms with Gasteiger partial charge in [-0.05, 0) is 24.1 Å². The second kappa shape index (κ2) is 5.58. The summed E-state index contributed by atoms with van der Waals surface area (Å²) in [5, 5.41) is 0. The number of hydrogen-bond acceptors (Lipinski definition) is 4. The first-order valence-corrected chi connectivity index (χ1v) is 6.04. The molecule has 0 bridgehead atoms. The Balaban J connectivity index is 2.04. The van der Waals surface area contributed by atoms with E-state index in [4.69, 9.17) is 15.2 Å². The Morgan fingerprint density at radius 2 is 2.06 bits per heavy atom. The van der Waals surface area contributed by atoms with Crippen LogP contribution in [0.1, 0.15) is 18.4 Å². The minimum Gasteiger partial charge on any atom is -0.381 e. The van der Waals surface area contributed by atoms with Crippen molar-refractivity contribution in [3.63, 3.8) is 0 Å². The van der Waals surface area contributed by atoms with Crippen LogP contribution < -0.4 is 5.73 Å². The fraction of sp³-hybridized carbons (Fsp3) is 0.615. The first kappa shape index (κ1) is 12.5. The molecule has 1 atom stereocenters. The van der Waals surface area contributed by atoms with Crippen molar-refractivity contribution in [2.24, 2.45) is 5.73 Å². The Kier molecular flexibility index (Phi) is 4.10. The SMILES string of the molecule is COC1(C(N)Cc2ccncc2)CCOCC1. The highest BCUT2D eigenvalue weighted by Crippen LogP contribution is 2.28. The van der Waals surface area contributed by atoms with E-state index >= 15 is 0 Å². The van der Waals surface area contributed by atoms with Gasteiger partial charge < -0.3 is 15.2 Å². The van der Waals surface area contributed by atoms with E-state index in [1.54, 1.807) is 19.5 Å². The zero-order chi connectivity index (χ0) is 12.1. The second-order valence-electron chi connectivity index (χ2n) is 4.55. The zero-order valence-electron chi connectivity index (χ0n) is 10.3. The molecular formula is C13H20N2O2. The summed E-state index contributed by atoms with van der Waals surface area (Å²) in [5.41, 5.74) is 7.29. The number of nitrogens with two attached hydrogens (primary N) is 1. The number of ether oxygens (including phenoxy) is 2. The molecule has 4 heteroatoms. The van der Waals surface area contributed by atoms with Gasteiger partial charge in [0.1, 0.15) is 0 Å². The summed E-state index contributed by atoms with van der Waals surface area (Å²) in [6.07, 6.45) is 6.15. The van der Waals surface area contributed by atoms with Crippen LogP contribution in [0.3, 0.4) is 0 Å². The van der Waals surface area contributed by atoms with Crippen LogP contribution in [-0.2, 0) is 15.9 Å². The quantitative estimate of drug-likeness (QED) is 0.852. The third-order valence-electron chi connectivity index (χ3n) is 3.63. The lowest BCUT2D eigenvalue weighted by molar-refractivity contribution is -0.103. The van der Waals surface area contributed by atoms with Crippen molar-refractivity contribution in [3.05, 3.63) is 30.1 Å². The molecule has 4 nitrogen and oxygen atoms in total. The van der Waals surface area contributed by atoms with E-state index in [1.165, 1.54) is 5.56 Å². The van der Waals surface area contributed by atoms with E-state index in [2.05, 4.69) is 4.98 Å². The van der Waals surface area contributed by atoms with E-state index in [-0.39, 0.29) is 11.6 Å². The van der Waals surface area contributed by atoms with Crippen molar-refractivity contribution in [1.29, 1.82) is 0 Å². The van der Waals surface area contributed by atoms with Crippen molar-refractivity contribution in [1.82, 2.24) is 4.98 Å². The highest BCUT2D eigenvalue weighted by atomic mass is 16.5. The molecule has 0 spiro atoms. The number of pyridine rings is 1. The van der Waals surface area contributed by atoms with Crippen LogP contribution in [0.4, 0.5) is 0 Å². The molecule has 0 saturated carbocycles. The largest absolute Gasteiger partial charge is 0.381 e. The Morgan fingerprint density at radius 3 is 2.65 bits per heavy atom. The molecular weight excluding hydrogens is 216 g/mol. The van der Waals surface area contributed by atoms with Gasteiger partial charge >= 0.3 is 0 Å². The normalized spacial score (nSPS) is 21.1. The molecule has 0 amide bonds. The average Bonchev–Trinajstić information content (AvgIpc) is 2.40. The maximum absolute atomic E-state index is 6.32. The van der Waals surface area contributed by atoms with Crippen LogP contribution in [0.25, 0.3) is 0 Å². The third kappa shape index (κ3) is 2.83. The van der Waals surface area contributed by atoms with Gasteiger partial charge in [0.25, 0.3) is 0 Å². The minimum absolute atomic E-state index is 0.00111. The first-order chi connectivity index (χ1) is 8.27. The molecule has 1 unspecified atom stereocenters. The fourth-order valence-electron chi connectivity index (χ4n) is 2.40. The number of methoxy groups -OCH3 is 1. The number of aromatic nitrogens is 1. The predicted octanol–water partition coefficient (Wildman–Crippen LogP) is 1.15. The summed E-state index contributed by atoms with van der Waals surface area (Å²) in [7, 11) is 1.75. The van der Waals surface area contributed by atoms with Crippen molar-refractivity contribution in [2.45, 2.75) is 30.9 Å². The van der Waals surface area contributed by atoms with Gasteiger partial charge in [0.2, 0.25) is 0 Å². The Bertz CT molecular complexity index is 337. The van der Waals surface area contributed by atoms with E-state index in [1.807, 2.05) is 12.1 Å². The van der Waals surface area contributed by atoms with Crippen LogP contribution in [-0.4, -0.2) is 37.0 Å². The van der Waals surface area contributed by atoms with Gasteiger partial charge in [-0.1, -0.05) is 0 Å². The lowest BCUT2D eigenvalue weighted by Crippen LogP contribution is -2.53. The topological polar surface area (TPSA) is 57.4 Å². The summed E-state index contributed by atoms with van der Waals surface area (Å²) in [5.74, 6) is 0. The Morgan fingerprint density at radius 1 is 1.41 bits per heavy atom. The fourth-order valence-corrected chi connectivity index (χ4v) is 2.40. The number of rotatable bonds is 4. The second-order valence-corrected chi connectivity index (χ2v) is 4.55. The smallest absolute Gasteiger partial charge is 0.0875 e. The molecule has 1 fully saturated rings. The van der Waals surface area contributed by atoms with Gasteiger partial charge in [-0.3, -0.25) is 4.98 Å². The van der Waals surface area contributed by atoms with Crippen LogP contribution in [0.2, 0.25) is 0 Å². The molecule has 94 valence electrons. The van der Waals surface area contributed by atoms with E-state index < -0.39 is 0 Å². The molecule has 0 aliphatic carbocycles. The van der Waals surface area contributed by atoms with Gasteiger partial charge in [0, 0.05) is 51.6 Å². The van der Waals surface area contributed by atoms with E-state index in [0.29, 0.717) is 0 Å². The van der Waals surface area contributed by atoms with Crippen molar-refractivity contribution in [3.8, 4) is 0 Å². The van der Waals surface area contributed by atoms with Gasteiger partial charge in [-0.25, -0.2) is 0 Å². The maximum Gasteiger partial charge on any atom is 0.0875 e. The summed E-state index contributed by atoms with van der Waals surface area (Å²) in [6.45, 7) is 1.47. The number of hydrogen-bond donors (Lipinski definition) is 1. The van der Waals surface area contributed by atoms with E-state index in [0.717, 1.165) is 32.5 Å². The molecule has 1 aromatic heterocycles. The molecule has 17 heavy (non-hydrogen) atoms. The van der Waals surface area contributed by atoms with Crippen LogP contribution in [0.15, 0.2) is 24.5 Å². The minimum atomic E-state index is -0.235. The lowest BCUT2D eigenvalue weighted by Gasteiger charge is -2.40. The van der Waals surface area contributed by atoms with Crippen molar-refractivity contribution >= 4 is 0 Å². The molecule has 1 aromatic rings. The summed E-state index contributed by atoms with van der Waals surface area (Å²) in [6, 6.07) is 4.00. The third-order valence-corrected chi connectivity index (χ3v) is 3.63. The van der Waals surface area contributed by atoms with Crippen molar-refractivity contribution in [2.75, 3.05) is 20.3 Å². The van der Waals surface area contributed by atoms with E-state index in [9.17, 15) is 0 Å². The average molecular weight is 236 g/mol. The van der Waals surface area contributed by atoms with Crippen molar-refractivity contribution < 1.29 is 9.47 Å².